The maximum atomic E-state index is 11.7. The van der Waals surface area contributed by atoms with E-state index in [-0.39, 0.29) is 5.91 Å². The summed E-state index contributed by atoms with van der Waals surface area (Å²) >= 11 is 1.63. The maximum absolute atomic E-state index is 11.7. The molecule has 2 heterocycles. The Bertz CT molecular complexity index is 724. The molecule has 1 amide bonds. The Morgan fingerprint density at radius 2 is 2.04 bits per heavy atom. The zero-order valence-corrected chi connectivity index (χ0v) is 13.6. The number of hydrogen-bond donors (Lipinski definition) is 2. The van der Waals surface area contributed by atoms with Gasteiger partial charge in [-0.25, -0.2) is 0 Å². The van der Waals surface area contributed by atoms with Crippen molar-refractivity contribution in [2.24, 2.45) is 0 Å². The average Bonchev–Trinajstić information content (AvgIpc) is 2.96. The number of aliphatic carboxylic acids is 1. The van der Waals surface area contributed by atoms with Crippen molar-refractivity contribution in [2.75, 3.05) is 11.9 Å². The molecule has 5 nitrogen and oxygen atoms in total. The van der Waals surface area contributed by atoms with Gasteiger partial charge < -0.3 is 10.4 Å². The monoisotopic (exact) mass is 330 g/mol. The van der Waals surface area contributed by atoms with Gasteiger partial charge in [-0.05, 0) is 41.1 Å². The summed E-state index contributed by atoms with van der Waals surface area (Å²) in [7, 11) is 0. The minimum atomic E-state index is -0.806. The number of anilines is 1. The van der Waals surface area contributed by atoms with Crippen molar-refractivity contribution < 1.29 is 14.7 Å². The van der Waals surface area contributed by atoms with Crippen molar-refractivity contribution in [1.29, 1.82) is 0 Å². The molecule has 0 aliphatic carbocycles. The van der Waals surface area contributed by atoms with Gasteiger partial charge >= 0.3 is 5.97 Å². The molecule has 1 atom stereocenters. The van der Waals surface area contributed by atoms with Crippen LogP contribution >= 0.6 is 11.3 Å². The van der Waals surface area contributed by atoms with Crippen molar-refractivity contribution in [3.8, 4) is 0 Å². The van der Waals surface area contributed by atoms with Gasteiger partial charge in [0, 0.05) is 30.6 Å². The molecule has 1 aliphatic heterocycles. The number of fused-ring (bicyclic) bond motifs is 1. The Labute approximate surface area is 138 Å². The van der Waals surface area contributed by atoms with Crippen molar-refractivity contribution in [1.82, 2.24) is 4.90 Å². The standard InChI is InChI=1S/C17H18N2O3S/c1-11(20)18-13-4-2-12(3-5-13)10-19-8-6-15-14(7-9-23-15)16(19)17(21)22/h2-5,7,9,16H,6,8,10H2,1H3,(H,18,20)(H,21,22). The van der Waals surface area contributed by atoms with Gasteiger partial charge in [-0.1, -0.05) is 12.1 Å². The fraction of sp³-hybridized carbons (Fsp3) is 0.294. The fourth-order valence-corrected chi connectivity index (χ4v) is 3.86. The third-order valence-electron chi connectivity index (χ3n) is 3.96. The molecule has 1 aromatic carbocycles. The molecule has 1 aliphatic rings. The number of benzene rings is 1. The first-order chi connectivity index (χ1) is 11.0. The number of hydrogen-bond acceptors (Lipinski definition) is 4. The van der Waals surface area contributed by atoms with Gasteiger partial charge in [0.05, 0.1) is 0 Å². The van der Waals surface area contributed by atoms with Crippen molar-refractivity contribution >= 4 is 28.9 Å². The van der Waals surface area contributed by atoms with E-state index in [0.29, 0.717) is 6.54 Å². The van der Waals surface area contributed by atoms with Gasteiger partial charge in [-0.3, -0.25) is 14.5 Å². The number of rotatable bonds is 4. The zero-order chi connectivity index (χ0) is 16.4. The van der Waals surface area contributed by atoms with E-state index >= 15 is 0 Å². The molecule has 6 heteroatoms. The summed E-state index contributed by atoms with van der Waals surface area (Å²) in [6, 6.07) is 8.87. The second-order valence-electron chi connectivity index (χ2n) is 5.64. The Balaban J connectivity index is 1.77. The molecular formula is C17H18N2O3S. The number of carboxylic acids is 1. The summed E-state index contributed by atoms with van der Waals surface area (Å²) < 4.78 is 0. The lowest BCUT2D eigenvalue weighted by atomic mass is 9.99. The number of nitrogens with one attached hydrogen (secondary N) is 1. The molecule has 0 fully saturated rings. The third-order valence-corrected chi connectivity index (χ3v) is 4.96. The van der Waals surface area contributed by atoms with Crippen LogP contribution in [-0.4, -0.2) is 28.4 Å². The number of nitrogens with zero attached hydrogens (tertiary/aromatic N) is 1. The van der Waals surface area contributed by atoms with E-state index in [0.717, 1.165) is 29.8 Å². The van der Waals surface area contributed by atoms with Crippen LogP contribution in [0.2, 0.25) is 0 Å². The molecule has 2 aromatic rings. The molecule has 0 saturated heterocycles. The summed E-state index contributed by atoms with van der Waals surface area (Å²) in [6.45, 7) is 2.78. The van der Waals surface area contributed by atoms with Gasteiger partial charge in [0.25, 0.3) is 0 Å². The topological polar surface area (TPSA) is 69.6 Å². The van der Waals surface area contributed by atoms with E-state index in [4.69, 9.17) is 0 Å². The molecule has 0 radical (unpaired) electrons. The fourth-order valence-electron chi connectivity index (χ4n) is 2.96. The minimum absolute atomic E-state index is 0.107. The number of amides is 1. The highest BCUT2D eigenvalue weighted by Crippen LogP contribution is 2.34. The molecule has 23 heavy (non-hydrogen) atoms. The molecule has 3 rings (SSSR count). The van der Waals surface area contributed by atoms with Crippen LogP contribution in [-0.2, 0) is 22.6 Å². The lowest BCUT2D eigenvalue weighted by Gasteiger charge is -2.33. The highest BCUT2D eigenvalue weighted by atomic mass is 32.1. The zero-order valence-electron chi connectivity index (χ0n) is 12.8. The Hall–Kier alpha value is -2.18. The van der Waals surface area contributed by atoms with Crippen LogP contribution in [0.15, 0.2) is 35.7 Å². The highest BCUT2D eigenvalue weighted by molar-refractivity contribution is 7.10. The quantitative estimate of drug-likeness (QED) is 0.904. The van der Waals surface area contributed by atoms with Crippen LogP contribution in [0.1, 0.15) is 29.0 Å². The Morgan fingerprint density at radius 3 is 2.70 bits per heavy atom. The van der Waals surface area contributed by atoms with Crippen molar-refractivity contribution in [3.05, 3.63) is 51.7 Å². The minimum Gasteiger partial charge on any atom is -0.480 e. The van der Waals surface area contributed by atoms with Crippen LogP contribution in [0.25, 0.3) is 0 Å². The number of carboxylic acid groups (broad SMARTS) is 1. The van der Waals surface area contributed by atoms with E-state index in [2.05, 4.69) is 5.32 Å². The summed E-state index contributed by atoms with van der Waals surface area (Å²) in [5.74, 6) is -0.913. The Kier molecular flexibility index (Phi) is 4.45. The summed E-state index contributed by atoms with van der Waals surface area (Å²) in [5, 5.41) is 14.3. The smallest absolute Gasteiger partial charge is 0.325 e. The number of thiophene rings is 1. The first-order valence-corrected chi connectivity index (χ1v) is 8.32. The van der Waals surface area contributed by atoms with Crippen molar-refractivity contribution in [2.45, 2.75) is 25.9 Å². The molecule has 120 valence electrons. The van der Waals surface area contributed by atoms with Crippen LogP contribution < -0.4 is 5.32 Å². The predicted molar refractivity (Wildman–Crippen MR) is 89.6 cm³/mol. The van der Waals surface area contributed by atoms with Gasteiger partial charge in [0.2, 0.25) is 5.91 Å². The predicted octanol–water partition coefficient (Wildman–Crippen LogP) is 2.89. The van der Waals surface area contributed by atoms with E-state index in [1.165, 1.54) is 11.8 Å². The van der Waals surface area contributed by atoms with E-state index < -0.39 is 12.0 Å². The van der Waals surface area contributed by atoms with Crippen molar-refractivity contribution in [3.63, 3.8) is 0 Å². The number of carbonyl (C=O) groups is 2. The molecule has 1 unspecified atom stereocenters. The molecule has 0 bridgehead atoms. The molecule has 2 N–H and O–H groups in total. The molecule has 0 saturated carbocycles. The third kappa shape index (κ3) is 3.43. The molecular weight excluding hydrogens is 312 g/mol. The van der Waals surface area contributed by atoms with Gasteiger partial charge in [0.15, 0.2) is 0 Å². The van der Waals surface area contributed by atoms with Crippen LogP contribution in [0.3, 0.4) is 0 Å². The lowest BCUT2D eigenvalue weighted by molar-refractivity contribution is -0.144. The lowest BCUT2D eigenvalue weighted by Crippen LogP contribution is -2.38. The second-order valence-corrected chi connectivity index (χ2v) is 6.64. The van der Waals surface area contributed by atoms with E-state index in [1.54, 1.807) is 11.3 Å². The normalized spacial score (nSPS) is 17.5. The summed E-state index contributed by atoms with van der Waals surface area (Å²) in [5.41, 5.74) is 2.70. The van der Waals surface area contributed by atoms with Gasteiger partial charge in [-0.15, -0.1) is 11.3 Å². The SMILES string of the molecule is CC(=O)Nc1ccc(CN2CCc3sccc3C2C(=O)O)cc1. The molecule has 0 spiro atoms. The second kappa shape index (κ2) is 6.52. The van der Waals surface area contributed by atoms with Crippen LogP contribution in [0, 0.1) is 0 Å². The van der Waals surface area contributed by atoms with E-state index in [9.17, 15) is 14.7 Å². The molecule has 1 aromatic heterocycles. The van der Waals surface area contributed by atoms with Gasteiger partial charge in [-0.2, -0.15) is 0 Å². The van der Waals surface area contributed by atoms with Crippen LogP contribution in [0.5, 0.6) is 0 Å². The largest absolute Gasteiger partial charge is 0.480 e. The number of carbonyl (C=O) groups excluding carboxylic acids is 1. The summed E-state index contributed by atoms with van der Waals surface area (Å²) in [6.07, 6.45) is 0.890. The van der Waals surface area contributed by atoms with Crippen LogP contribution in [0.4, 0.5) is 5.69 Å². The average molecular weight is 330 g/mol. The van der Waals surface area contributed by atoms with E-state index in [1.807, 2.05) is 40.6 Å². The summed E-state index contributed by atoms with van der Waals surface area (Å²) in [4.78, 5) is 25.9. The maximum Gasteiger partial charge on any atom is 0.325 e. The first kappa shape index (κ1) is 15.7. The first-order valence-electron chi connectivity index (χ1n) is 7.44. The highest BCUT2D eigenvalue weighted by Gasteiger charge is 2.33. The van der Waals surface area contributed by atoms with Gasteiger partial charge in [0.1, 0.15) is 6.04 Å². The Morgan fingerprint density at radius 1 is 1.30 bits per heavy atom.